The molecule has 0 spiro atoms. The van der Waals surface area contributed by atoms with Gasteiger partial charge >= 0.3 is 11.7 Å². The van der Waals surface area contributed by atoms with E-state index in [2.05, 4.69) is 22.3 Å². The second-order valence-electron chi connectivity index (χ2n) is 10.7. The van der Waals surface area contributed by atoms with Gasteiger partial charge in [0.2, 0.25) is 11.8 Å². The Morgan fingerprint density at radius 1 is 1.09 bits per heavy atom. The first-order valence-corrected chi connectivity index (χ1v) is 12.5. The third-order valence-electron chi connectivity index (χ3n) is 6.97. The van der Waals surface area contributed by atoms with Gasteiger partial charge in [-0.1, -0.05) is 6.07 Å². The number of esters is 1. The number of likely N-dealkylation sites (tertiary alicyclic amines) is 1. The summed E-state index contributed by atoms with van der Waals surface area (Å²) in [5.41, 5.74) is 2.03. The number of carbonyl (C=O) groups excluding carboxylic acids is 3. The topological polar surface area (TPSA) is 103 Å². The average Bonchev–Trinajstić information content (AvgIpc) is 3.03. The molecule has 2 saturated heterocycles. The van der Waals surface area contributed by atoms with E-state index in [1.54, 1.807) is 11.6 Å². The molecule has 1 aromatic heterocycles. The molecule has 9 nitrogen and oxygen atoms in total. The third kappa shape index (κ3) is 5.66. The largest absolute Gasteiger partial charge is 0.460 e. The van der Waals surface area contributed by atoms with Gasteiger partial charge in [0.05, 0.1) is 11.0 Å². The molecule has 1 aromatic carbocycles. The lowest BCUT2D eigenvalue weighted by atomic mass is 9.89. The van der Waals surface area contributed by atoms with Crippen molar-refractivity contribution in [3.05, 3.63) is 34.2 Å². The number of aromatic nitrogens is 2. The van der Waals surface area contributed by atoms with E-state index in [1.807, 2.05) is 26.8 Å². The maximum absolute atomic E-state index is 13.0. The molecule has 1 atom stereocenters. The smallest absolute Gasteiger partial charge is 0.329 e. The summed E-state index contributed by atoms with van der Waals surface area (Å²) < 4.78 is 8.50. The van der Waals surface area contributed by atoms with Gasteiger partial charge in [0, 0.05) is 19.9 Å². The predicted octanol–water partition coefficient (Wildman–Crippen LogP) is 2.62. The molecule has 4 rings (SSSR count). The number of rotatable bonds is 6. The summed E-state index contributed by atoms with van der Waals surface area (Å²) in [7, 11) is 1.73. The predicted molar refractivity (Wildman–Crippen MR) is 132 cm³/mol. The molecule has 0 aliphatic carbocycles. The van der Waals surface area contributed by atoms with Gasteiger partial charge in [-0.15, -0.1) is 0 Å². The van der Waals surface area contributed by atoms with Crippen molar-refractivity contribution in [2.24, 2.45) is 7.05 Å². The first-order chi connectivity index (χ1) is 16.5. The maximum atomic E-state index is 13.0. The van der Waals surface area contributed by atoms with Crippen LogP contribution in [-0.2, 0) is 26.2 Å². The van der Waals surface area contributed by atoms with E-state index in [9.17, 15) is 19.2 Å². The van der Waals surface area contributed by atoms with Gasteiger partial charge in [-0.25, -0.2) is 4.79 Å². The van der Waals surface area contributed by atoms with Crippen LogP contribution in [0.5, 0.6) is 0 Å². The lowest BCUT2D eigenvalue weighted by Crippen LogP contribution is -2.44. The summed E-state index contributed by atoms with van der Waals surface area (Å²) in [6.07, 6.45) is 3.82. The molecule has 3 heterocycles. The molecule has 0 saturated carbocycles. The molecule has 9 heteroatoms. The second kappa shape index (κ2) is 9.97. The van der Waals surface area contributed by atoms with Crippen LogP contribution in [0.15, 0.2) is 23.0 Å². The highest BCUT2D eigenvalue weighted by molar-refractivity contribution is 6.00. The quantitative estimate of drug-likeness (QED) is 0.500. The molecular weight excluding hydrogens is 448 g/mol. The van der Waals surface area contributed by atoms with E-state index in [-0.39, 0.29) is 24.0 Å². The number of hydrogen-bond donors (Lipinski definition) is 1. The van der Waals surface area contributed by atoms with Crippen LogP contribution in [0.1, 0.15) is 76.8 Å². The molecule has 35 heavy (non-hydrogen) atoms. The van der Waals surface area contributed by atoms with Gasteiger partial charge in [-0.05, 0) is 89.7 Å². The van der Waals surface area contributed by atoms with Gasteiger partial charge in [-0.2, -0.15) is 0 Å². The van der Waals surface area contributed by atoms with Crippen LogP contribution in [0.2, 0.25) is 0 Å². The van der Waals surface area contributed by atoms with Crippen LogP contribution in [0.4, 0.5) is 0 Å². The second-order valence-corrected chi connectivity index (χ2v) is 10.7. The van der Waals surface area contributed by atoms with Crippen LogP contribution in [-0.4, -0.2) is 57.1 Å². The van der Waals surface area contributed by atoms with Crippen molar-refractivity contribution in [3.63, 3.8) is 0 Å². The number of fused-ring (bicyclic) bond motifs is 1. The van der Waals surface area contributed by atoms with E-state index < -0.39 is 17.6 Å². The lowest BCUT2D eigenvalue weighted by molar-refractivity contribution is -0.155. The highest BCUT2D eigenvalue weighted by Crippen LogP contribution is 2.31. The third-order valence-corrected chi connectivity index (χ3v) is 6.97. The Bertz CT molecular complexity index is 1180. The molecule has 2 amide bonds. The van der Waals surface area contributed by atoms with E-state index in [1.165, 1.54) is 10.1 Å². The molecule has 190 valence electrons. The summed E-state index contributed by atoms with van der Waals surface area (Å²) in [4.78, 5) is 51.2. The van der Waals surface area contributed by atoms with Crippen LogP contribution in [0, 0.1) is 0 Å². The maximum Gasteiger partial charge on any atom is 0.329 e. The summed E-state index contributed by atoms with van der Waals surface area (Å²) in [6, 6.07) is 5.40. The number of piperidine rings is 2. The molecule has 0 radical (unpaired) electrons. The van der Waals surface area contributed by atoms with Gasteiger partial charge in [0.1, 0.15) is 11.6 Å². The normalized spacial score (nSPS) is 20.3. The monoisotopic (exact) mass is 484 g/mol. The van der Waals surface area contributed by atoms with Gasteiger partial charge in [0.15, 0.2) is 0 Å². The Morgan fingerprint density at radius 2 is 1.80 bits per heavy atom. The fraction of sp³-hybridized carbons (Fsp3) is 0.615. The average molecular weight is 485 g/mol. The number of carbonyl (C=O) groups is 3. The van der Waals surface area contributed by atoms with Crippen molar-refractivity contribution < 1.29 is 19.1 Å². The van der Waals surface area contributed by atoms with Crippen LogP contribution in [0.25, 0.3) is 11.0 Å². The minimum Gasteiger partial charge on any atom is -0.460 e. The number of nitrogens with one attached hydrogen (secondary N) is 1. The number of imide groups is 1. The highest BCUT2D eigenvalue weighted by atomic mass is 16.6. The summed E-state index contributed by atoms with van der Waals surface area (Å²) >= 11 is 0. The minimum absolute atomic E-state index is 0.143. The van der Waals surface area contributed by atoms with E-state index in [0.29, 0.717) is 18.8 Å². The fourth-order valence-electron chi connectivity index (χ4n) is 5.19. The fourth-order valence-corrected chi connectivity index (χ4v) is 5.19. The molecule has 2 fully saturated rings. The number of imidazole rings is 1. The number of benzene rings is 1. The SMILES string of the molecule is Cn1c(=O)n(C2CCC(=O)NC2=O)c2ccc(C3CCN(CCCC(=O)OC(C)(C)C)CC3)cc21. The Labute approximate surface area is 205 Å². The first kappa shape index (κ1) is 25.2. The number of aryl methyl sites for hydroxylation is 1. The molecule has 1 N–H and O–H groups in total. The van der Waals surface area contributed by atoms with Crippen LogP contribution >= 0.6 is 0 Å². The Morgan fingerprint density at radius 3 is 2.46 bits per heavy atom. The van der Waals surface area contributed by atoms with Gasteiger partial charge in [-0.3, -0.25) is 28.8 Å². The zero-order valence-electron chi connectivity index (χ0n) is 21.1. The molecule has 2 aliphatic rings. The molecule has 2 aliphatic heterocycles. The van der Waals surface area contributed by atoms with E-state index in [4.69, 9.17) is 4.74 Å². The summed E-state index contributed by atoms with van der Waals surface area (Å²) in [5, 5.41) is 2.35. The Kier molecular flexibility index (Phi) is 7.17. The van der Waals surface area contributed by atoms with Crippen molar-refractivity contribution in [2.45, 2.75) is 76.9 Å². The lowest BCUT2D eigenvalue weighted by Gasteiger charge is -2.32. The minimum atomic E-state index is -0.668. The van der Waals surface area contributed by atoms with Crippen LogP contribution < -0.4 is 11.0 Å². The van der Waals surface area contributed by atoms with Crippen molar-refractivity contribution in [1.29, 1.82) is 0 Å². The van der Waals surface area contributed by atoms with Crippen molar-refractivity contribution >= 4 is 28.8 Å². The van der Waals surface area contributed by atoms with E-state index >= 15 is 0 Å². The highest BCUT2D eigenvalue weighted by Gasteiger charge is 2.31. The molecule has 2 aromatic rings. The summed E-state index contributed by atoms with van der Waals surface area (Å²) in [5.74, 6) is -0.455. The van der Waals surface area contributed by atoms with Crippen molar-refractivity contribution in [1.82, 2.24) is 19.4 Å². The number of amides is 2. The zero-order valence-corrected chi connectivity index (χ0v) is 21.1. The first-order valence-electron chi connectivity index (χ1n) is 12.5. The Balaban J connectivity index is 1.39. The number of nitrogens with zero attached hydrogens (tertiary/aromatic N) is 3. The zero-order chi connectivity index (χ0) is 25.3. The Hall–Kier alpha value is -2.94. The van der Waals surface area contributed by atoms with Crippen LogP contribution in [0.3, 0.4) is 0 Å². The molecular formula is C26H36N4O5. The van der Waals surface area contributed by atoms with Crippen molar-refractivity contribution in [3.8, 4) is 0 Å². The van der Waals surface area contributed by atoms with Crippen molar-refractivity contribution in [2.75, 3.05) is 19.6 Å². The molecule has 1 unspecified atom stereocenters. The van der Waals surface area contributed by atoms with E-state index in [0.717, 1.165) is 49.9 Å². The van der Waals surface area contributed by atoms with Gasteiger partial charge in [0.25, 0.3) is 0 Å². The molecule has 0 bridgehead atoms. The number of ether oxygens (including phenoxy) is 1. The summed E-state index contributed by atoms with van der Waals surface area (Å²) in [6.45, 7) is 8.47. The standard InChI is InChI=1S/C26H36N4O5/c1-26(2,3)35-23(32)6-5-13-29-14-11-17(12-15-29)18-7-8-19-21(16-18)28(4)25(34)30(19)20-9-10-22(31)27-24(20)33/h7-8,16-17,20H,5-6,9-15H2,1-4H3,(H,27,31,33). The number of hydrogen-bond acceptors (Lipinski definition) is 6. The van der Waals surface area contributed by atoms with Gasteiger partial charge < -0.3 is 9.64 Å².